The summed E-state index contributed by atoms with van der Waals surface area (Å²) in [6.45, 7) is 3.65. The molecule has 2 amide bonds. The second-order valence-electron chi connectivity index (χ2n) is 10.6. The molecule has 1 aromatic heterocycles. The first-order valence-electron chi connectivity index (χ1n) is 13.9. The molecule has 5 rings (SSSR count). The monoisotopic (exact) mass is 511 g/mol. The van der Waals surface area contributed by atoms with Gasteiger partial charge in [0.1, 0.15) is 17.6 Å². The Morgan fingerprint density at radius 1 is 0.946 bits per heavy atom. The minimum Gasteiger partial charge on any atom is -0.455 e. The molecule has 3 aliphatic rings. The standard InChI is InChI=1S/C29H38FN3O4/c30-22-12-10-21(11-13-22)27(28(34)31-23-6-2-1-3-7-23)33(24-8-4-5-9-24)29(35)26-15-14-25(37-26)20-32-16-18-36-19-17-32/h10-15,23-24,27H,1-9,16-20H2,(H,31,34)/t27-/m1/s1. The van der Waals surface area contributed by atoms with E-state index in [9.17, 15) is 14.0 Å². The first kappa shape index (κ1) is 25.9. The number of morpholine rings is 1. The number of furan rings is 1. The highest BCUT2D eigenvalue weighted by Gasteiger charge is 2.39. The summed E-state index contributed by atoms with van der Waals surface area (Å²) < 4.78 is 25.3. The van der Waals surface area contributed by atoms with Crippen molar-refractivity contribution < 1.29 is 23.1 Å². The summed E-state index contributed by atoms with van der Waals surface area (Å²) in [7, 11) is 0. The Morgan fingerprint density at radius 3 is 2.32 bits per heavy atom. The second-order valence-corrected chi connectivity index (χ2v) is 10.6. The fourth-order valence-electron chi connectivity index (χ4n) is 5.97. The zero-order valence-electron chi connectivity index (χ0n) is 21.5. The van der Waals surface area contributed by atoms with Crippen molar-refractivity contribution >= 4 is 11.8 Å². The van der Waals surface area contributed by atoms with Gasteiger partial charge in [0.05, 0.1) is 19.8 Å². The largest absolute Gasteiger partial charge is 0.455 e. The molecule has 0 bridgehead atoms. The van der Waals surface area contributed by atoms with Crippen LogP contribution in [0.15, 0.2) is 40.8 Å². The van der Waals surface area contributed by atoms with Gasteiger partial charge in [-0.1, -0.05) is 44.2 Å². The van der Waals surface area contributed by atoms with Crippen molar-refractivity contribution in [3.8, 4) is 0 Å². The summed E-state index contributed by atoms with van der Waals surface area (Å²) in [6.07, 6.45) is 8.95. The number of nitrogens with zero attached hydrogens (tertiary/aromatic N) is 2. The number of carbonyl (C=O) groups is 2. The Balaban J connectivity index is 1.43. The molecular formula is C29H38FN3O4. The Morgan fingerprint density at radius 2 is 1.62 bits per heavy atom. The van der Waals surface area contributed by atoms with Crippen molar-refractivity contribution in [3.05, 3.63) is 59.3 Å². The molecule has 2 saturated carbocycles. The molecule has 1 saturated heterocycles. The van der Waals surface area contributed by atoms with Gasteiger partial charge in [0, 0.05) is 25.2 Å². The van der Waals surface area contributed by atoms with E-state index >= 15 is 0 Å². The summed E-state index contributed by atoms with van der Waals surface area (Å²) in [5, 5.41) is 3.23. The Bertz CT molecular complexity index is 1040. The first-order chi connectivity index (χ1) is 18.1. The zero-order valence-corrected chi connectivity index (χ0v) is 21.5. The normalized spacial score (nSPS) is 20.6. The molecule has 3 fully saturated rings. The maximum atomic E-state index is 14.1. The number of rotatable bonds is 8. The van der Waals surface area contributed by atoms with Gasteiger partial charge in [-0.05, 0) is 55.5 Å². The molecule has 1 aliphatic heterocycles. The van der Waals surface area contributed by atoms with Crippen molar-refractivity contribution in [2.45, 2.75) is 82.5 Å². The smallest absolute Gasteiger partial charge is 0.290 e. The molecule has 0 radical (unpaired) electrons. The molecule has 7 nitrogen and oxygen atoms in total. The number of hydrogen-bond acceptors (Lipinski definition) is 5. The van der Waals surface area contributed by atoms with Crippen LogP contribution in [0.25, 0.3) is 0 Å². The van der Waals surface area contributed by atoms with E-state index in [-0.39, 0.29) is 35.5 Å². The lowest BCUT2D eigenvalue weighted by molar-refractivity contribution is -0.127. The minimum absolute atomic E-state index is 0.0764. The highest BCUT2D eigenvalue weighted by molar-refractivity contribution is 5.96. The Hall–Kier alpha value is -2.71. The molecule has 200 valence electrons. The van der Waals surface area contributed by atoms with Crippen LogP contribution >= 0.6 is 0 Å². The van der Waals surface area contributed by atoms with E-state index in [2.05, 4.69) is 10.2 Å². The van der Waals surface area contributed by atoms with E-state index in [1.165, 1.54) is 18.6 Å². The third kappa shape index (κ3) is 6.41. The van der Waals surface area contributed by atoms with Crippen molar-refractivity contribution in [2.24, 2.45) is 0 Å². The quantitative estimate of drug-likeness (QED) is 0.550. The third-order valence-electron chi connectivity index (χ3n) is 7.97. The Kier molecular flexibility index (Phi) is 8.56. The molecule has 2 heterocycles. The highest BCUT2D eigenvalue weighted by atomic mass is 19.1. The van der Waals surface area contributed by atoms with Gasteiger partial charge in [-0.25, -0.2) is 4.39 Å². The summed E-state index contributed by atoms with van der Waals surface area (Å²) in [5.41, 5.74) is 0.620. The van der Waals surface area contributed by atoms with Crippen LogP contribution in [0.5, 0.6) is 0 Å². The maximum Gasteiger partial charge on any atom is 0.290 e. The average molecular weight is 512 g/mol. The summed E-state index contributed by atoms with van der Waals surface area (Å²) in [6, 6.07) is 8.74. The van der Waals surface area contributed by atoms with Gasteiger partial charge in [-0.15, -0.1) is 0 Å². The molecule has 1 atom stereocenters. The molecule has 8 heteroatoms. The highest BCUT2D eigenvalue weighted by Crippen LogP contribution is 2.34. The van der Waals surface area contributed by atoms with E-state index in [4.69, 9.17) is 9.15 Å². The lowest BCUT2D eigenvalue weighted by Gasteiger charge is -2.36. The second kappa shape index (κ2) is 12.2. The third-order valence-corrected chi connectivity index (χ3v) is 7.97. The van der Waals surface area contributed by atoms with Gasteiger partial charge < -0.3 is 19.4 Å². The summed E-state index contributed by atoms with van der Waals surface area (Å²) in [4.78, 5) is 31.9. The number of benzene rings is 1. The van der Waals surface area contributed by atoms with Crippen LogP contribution in [0.1, 0.15) is 85.7 Å². The van der Waals surface area contributed by atoms with Gasteiger partial charge in [0.15, 0.2) is 5.76 Å². The van der Waals surface area contributed by atoms with Crippen LogP contribution in [0, 0.1) is 5.82 Å². The van der Waals surface area contributed by atoms with E-state index in [1.54, 1.807) is 23.1 Å². The molecule has 0 unspecified atom stereocenters. The summed E-state index contributed by atoms with van der Waals surface area (Å²) >= 11 is 0. The van der Waals surface area contributed by atoms with Crippen LogP contribution in [0.3, 0.4) is 0 Å². The molecular weight excluding hydrogens is 473 g/mol. The molecule has 1 aromatic carbocycles. The van der Waals surface area contributed by atoms with Crippen LogP contribution in [-0.4, -0.2) is 60.0 Å². The molecule has 0 spiro atoms. The topological polar surface area (TPSA) is 75.0 Å². The maximum absolute atomic E-state index is 14.1. The number of nitrogens with one attached hydrogen (secondary N) is 1. The van der Waals surface area contributed by atoms with Crippen LogP contribution in [0.4, 0.5) is 4.39 Å². The summed E-state index contributed by atoms with van der Waals surface area (Å²) in [5.74, 6) is 0.120. The molecule has 1 N–H and O–H groups in total. The van der Waals surface area contributed by atoms with Crippen molar-refractivity contribution in [1.82, 2.24) is 15.1 Å². The lowest BCUT2D eigenvalue weighted by Crippen LogP contribution is -2.50. The lowest BCUT2D eigenvalue weighted by atomic mass is 9.94. The number of hydrogen-bond donors (Lipinski definition) is 1. The SMILES string of the molecule is O=C(NC1CCCCC1)[C@@H](c1ccc(F)cc1)N(C(=O)c1ccc(CN2CCOCC2)o1)C1CCCC1. The van der Waals surface area contributed by atoms with E-state index in [1.807, 2.05) is 6.07 Å². The first-order valence-corrected chi connectivity index (χ1v) is 13.9. The van der Waals surface area contributed by atoms with Crippen molar-refractivity contribution in [2.75, 3.05) is 26.3 Å². The van der Waals surface area contributed by atoms with Gasteiger partial charge in [0.2, 0.25) is 5.91 Å². The molecule has 2 aromatic rings. The van der Waals surface area contributed by atoms with Gasteiger partial charge in [-0.2, -0.15) is 0 Å². The predicted octanol–water partition coefficient (Wildman–Crippen LogP) is 4.83. The van der Waals surface area contributed by atoms with E-state index in [0.717, 1.165) is 70.2 Å². The fraction of sp³-hybridized carbons (Fsp3) is 0.586. The zero-order chi connectivity index (χ0) is 25.6. The predicted molar refractivity (Wildman–Crippen MR) is 137 cm³/mol. The van der Waals surface area contributed by atoms with Gasteiger partial charge >= 0.3 is 0 Å². The van der Waals surface area contributed by atoms with Crippen LogP contribution < -0.4 is 5.32 Å². The average Bonchev–Trinajstić information content (AvgIpc) is 3.61. The van der Waals surface area contributed by atoms with E-state index in [0.29, 0.717) is 25.3 Å². The molecule has 37 heavy (non-hydrogen) atoms. The number of carbonyl (C=O) groups excluding carboxylic acids is 2. The number of amides is 2. The van der Waals surface area contributed by atoms with Crippen molar-refractivity contribution in [3.63, 3.8) is 0 Å². The molecule has 2 aliphatic carbocycles. The fourth-order valence-corrected chi connectivity index (χ4v) is 5.97. The van der Waals surface area contributed by atoms with Crippen molar-refractivity contribution in [1.29, 1.82) is 0 Å². The number of ether oxygens (including phenoxy) is 1. The van der Waals surface area contributed by atoms with Crippen LogP contribution in [-0.2, 0) is 16.1 Å². The minimum atomic E-state index is -0.842. The Labute approximate surface area is 218 Å². The van der Waals surface area contributed by atoms with E-state index < -0.39 is 6.04 Å². The van der Waals surface area contributed by atoms with Crippen LogP contribution in [0.2, 0.25) is 0 Å². The number of halogens is 1. The van der Waals surface area contributed by atoms with Gasteiger partial charge in [-0.3, -0.25) is 14.5 Å². The van der Waals surface area contributed by atoms with Gasteiger partial charge in [0.25, 0.3) is 5.91 Å².